The van der Waals surface area contributed by atoms with Crippen LogP contribution < -0.4 is 0 Å². The SMILES string of the molecule is Cc1ccc(C(=O)N2CCN(C(=O)C3CCN(S(=O)(=O)c4cccnc4)CC3)CC2)cc1F. The van der Waals surface area contributed by atoms with Crippen molar-refractivity contribution in [2.75, 3.05) is 39.3 Å². The second-order valence-electron chi connectivity index (χ2n) is 8.45. The molecule has 10 heteroatoms. The van der Waals surface area contributed by atoms with Crippen LogP contribution in [0.25, 0.3) is 0 Å². The molecule has 0 radical (unpaired) electrons. The number of hydrogen-bond acceptors (Lipinski definition) is 5. The van der Waals surface area contributed by atoms with E-state index < -0.39 is 15.8 Å². The Kier molecular flexibility index (Phi) is 6.76. The first-order valence-corrected chi connectivity index (χ1v) is 12.5. The highest BCUT2D eigenvalue weighted by Gasteiger charge is 2.35. The van der Waals surface area contributed by atoms with Gasteiger partial charge in [-0.05, 0) is 49.6 Å². The van der Waals surface area contributed by atoms with Gasteiger partial charge in [-0.15, -0.1) is 0 Å². The predicted octanol–water partition coefficient (Wildman–Crippen LogP) is 1.91. The van der Waals surface area contributed by atoms with Crippen LogP contribution in [0.1, 0.15) is 28.8 Å². The van der Waals surface area contributed by atoms with E-state index in [1.54, 1.807) is 34.9 Å². The molecule has 176 valence electrons. The number of piperidine rings is 1. The number of halogens is 1. The van der Waals surface area contributed by atoms with Gasteiger partial charge < -0.3 is 9.80 Å². The summed E-state index contributed by atoms with van der Waals surface area (Å²) in [6, 6.07) is 7.56. The Balaban J connectivity index is 1.30. The van der Waals surface area contributed by atoms with E-state index in [0.29, 0.717) is 50.1 Å². The summed E-state index contributed by atoms with van der Waals surface area (Å²) in [5, 5.41) is 0. The van der Waals surface area contributed by atoms with Gasteiger partial charge in [0.05, 0.1) is 0 Å². The Morgan fingerprint density at radius 2 is 1.67 bits per heavy atom. The van der Waals surface area contributed by atoms with Gasteiger partial charge in [0, 0.05) is 63.1 Å². The minimum Gasteiger partial charge on any atom is -0.339 e. The lowest BCUT2D eigenvalue weighted by Crippen LogP contribution is -2.53. The van der Waals surface area contributed by atoms with E-state index in [-0.39, 0.29) is 35.7 Å². The van der Waals surface area contributed by atoms with Crippen LogP contribution in [0.15, 0.2) is 47.6 Å². The fraction of sp³-hybridized carbons (Fsp3) is 0.435. The predicted molar refractivity (Wildman–Crippen MR) is 119 cm³/mol. The maximum absolute atomic E-state index is 13.8. The van der Waals surface area contributed by atoms with Crippen LogP contribution in [0, 0.1) is 18.7 Å². The monoisotopic (exact) mass is 474 g/mol. The second kappa shape index (κ2) is 9.56. The summed E-state index contributed by atoms with van der Waals surface area (Å²) in [6.45, 7) is 3.80. The summed E-state index contributed by atoms with van der Waals surface area (Å²) >= 11 is 0. The molecule has 0 bridgehead atoms. The highest BCUT2D eigenvalue weighted by Crippen LogP contribution is 2.25. The number of carbonyl (C=O) groups is 2. The Morgan fingerprint density at radius 1 is 1.00 bits per heavy atom. The fourth-order valence-electron chi connectivity index (χ4n) is 4.29. The van der Waals surface area contributed by atoms with Gasteiger partial charge in [-0.25, -0.2) is 12.8 Å². The number of aryl methyl sites for hydroxylation is 1. The molecule has 0 atom stereocenters. The molecule has 2 fully saturated rings. The van der Waals surface area contributed by atoms with Crippen molar-refractivity contribution in [3.05, 3.63) is 59.7 Å². The van der Waals surface area contributed by atoms with Crippen molar-refractivity contribution >= 4 is 21.8 Å². The summed E-state index contributed by atoms with van der Waals surface area (Å²) in [5.41, 5.74) is 0.793. The van der Waals surface area contributed by atoms with Gasteiger partial charge in [0.1, 0.15) is 10.7 Å². The number of nitrogens with zero attached hydrogens (tertiary/aromatic N) is 4. The first-order valence-electron chi connectivity index (χ1n) is 11.0. The third-order valence-electron chi connectivity index (χ3n) is 6.37. The van der Waals surface area contributed by atoms with Crippen LogP contribution in [0.5, 0.6) is 0 Å². The molecule has 0 saturated carbocycles. The van der Waals surface area contributed by atoms with Crippen molar-refractivity contribution in [3.63, 3.8) is 0 Å². The highest BCUT2D eigenvalue weighted by molar-refractivity contribution is 7.89. The van der Waals surface area contributed by atoms with Crippen LogP contribution in [0.3, 0.4) is 0 Å². The topological polar surface area (TPSA) is 90.9 Å². The molecule has 1 aromatic carbocycles. The van der Waals surface area contributed by atoms with Crippen molar-refractivity contribution in [2.45, 2.75) is 24.7 Å². The average Bonchev–Trinajstić information content (AvgIpc) is 2.85. The fourth-order valence-corrected chi connectivity index (χ4v) is 5.72. The lowest BCUT2D eigenvalue weighted by molar-refractivity contribution is -0.138. The van der Waals surface area contributed by atoms with Gasteiger partial charge in [-0.3, -0.25) is 14.6 Å². The van der Waals surface area contributed by atoms with Crippen LogP contribution in [0.4, 0.5) is 4.39 Å². The van der Waals surface area contributed by atoms with Gasteiger partial charge in [-0.1, -0.05) is 6.07 Å². The largest absolute Gasteiger partial charge is 0.339 e. The third kappa shape index (κ3) is 4.91. The summed E-state index contributed by atoms with van der Waals surface area (Å²) in [4.78, 5) is 33.1. The number of amides is 2. The molecule has 3 heterocycles. The molecule has 2 saturated heterocycles. The molecule has 1 aromatic heterocycles. The number of sulfonamides is 1. The molecule has 0 aliphatic carbocycles. The number of hydrogen-bond donors (Lipinski definition) is 0. The van der Waals surface area contributed by atoms with Crippen LogP contribution in [-0.2, 0) is 14.8 Å². The van der Waals surface area contributed by atoms with Crippen LogP contribution in [0.2, 0.25) is 0 Å². The first-order chi connectivity index (χ1) is 15.8. The summed E-state index contributed by atoms with van der Waals surface area (Å²) in [5.74, 6) is -0.887. The normalized spacial score (nSPS) is 18.4. The molecule has 4 rings (SSSR count). The van der Waals surface area contributed by atoms with Crippen molar-refractivity contribution in [2.24, 2.45) is 5.92 Å². The van der Waals surface area contributed by atoms with E-state index in [9.17, 15) is 22.4 Å². The van der Waals surface area contributed by atoms with E-state index in [0.717, 1.165) is 0 Å². The maximum atomic E-state index is 13.8. The Bertz CT molecular complexity index is 1130. The Morgan fingerprint density at radius 3 is 2.27 bits per heavy atom. The average molecular weight is 475 g/mol. The summed E-state index contributed by atoms with van der Waals surface area (Å²) in [6.07, 6.45) is 3.77. The van der Waals surface area contributed by atoms with Crippen molar-refractivity contribution < 1.29 is 22.4 Å². The zero-order valence-electron chi connectivity index (χ0n) is 18.5. The minimum absolute atomic E-state index is 0.00176. The van der Waals surface area contributed by atoms with Gasteiger partial charge in [-0.2, -0.15) is 4.31 Å². The number of benzene rings is 1. The van der Waals surface area contributed by atoms with Crippen LogP contribution in [-0.4, -0.2) is 78.6 Å². The van der Waals surface area contributed by atoms with Crippen molar-refractivity contribution in [1.29, 1.82) is 0 Å². The van der Waals surface area contributed by atoms with Crippen molar-refractivity contribution in [1.82, 2.24) is 19.1 Å². The molecule has 0 unspecified atom stereocenters. The molecule has 0 spiro atoms. The number of pyridine rings is 1. The molecule has 33 heavy (non-hydrogen) atoms. The highest BCUT2D eigenvalue weighted by atomic mass is 32.2. The number of aromatic nitrogens is 1. The zero-order chi connectivity index (χ0) is 23.6. The van der Waals surface area contributed by atoms with Gasteiger partial charge in [0.25, 0.3) is 5.91 Å². The Labute approximate surface area is 193 Å². The molecule has 2 aromatic rings. The van der Waals surface area contributed by atoms with Crippen LogP contribution >= 0.6 is 0 Å². The number of carbonyl (C=O) groups excluding carboxylic acids is 2. The Hall–Kier alpha value is -2.85. The minimum atomic E-state index is -3.61. The molecule has 8 nitrogen and oxygen atoms in total. The standard InChI is InChI=1S/C23H27FN4O4S/c1-17-4-5-19(15-21(17)24)23(30)27-13-11-26(12-14-27)22(29)18-6-9-28(10-7-18)33(31,32)20-3-2-8-25-16-20/h2-5,8,15-16,18H,6-7,9-14H2,1H3. The number of piperazine rings is 1. The van der Waals surface area contributed by atoms with E-state index in [1.165, 1.54) is 28.8 Å². The van der Waals surface area contributed by atoms with E-state index in [1.807, 2.05) is 0 Å². The molecule has 2 amide bonds. The van der Waals surface area contributed by atoms with Gasteiger partial charge in [0.15, 0.2) is 0 Å². The quantitative estimate of drug-likeness (QED) is 0.675. The molecule has 2 aliphatic heterocycles. The van der Waals surface area contributed by atoms with Gasteiger partial charge >= 0.3 is 0 Å². The smallest absolute Gasteiger partial charge is 0.254 e. The maximum Gasteiger partial charge on any atom is 0.254 e. The summed E-state index contributed by atoms with van der Waals surface area (Å²) < 4.78 is 40.7. The molecule has 2 aliphatic rings. The number of rotatable bonds is 4. The summed E-state index contributed by atoms with van der Waals surface area (Å²) in [7, 11) is -3.61. The lowest BCUT2D eigenvalue weighted by atomic mass is 9.96. The lowest BCUT2D eigenvalue weighted by Gasteiger charge is -2.38. The van der Waals surface area contributed by atoms with E-state index >= 15 is 0 Å². The first kappa shape index (κ1) is 23.3. The molecule has 0 N–H and O–H groups in total. The van der Waals surface area contributed by atoms with E-state index in [2.05, 4.69) is 4.98 Å². The third-order valence-corrected chi connectivity index (χ3v) is 8.25. The molecular formula is C23H27FN4O4S. The molecular weight excluding hydrogens is 447 g/mol. The van der Waals surface area contributed by atoms with E-state index in [4.69, 9.17) is 0 Å². The van der Waals surface area contributed by atoms with Crippen molar-refractivity contribution in [3.8, 4) is 0 Å². The van der Waals surface area contributed by atoms with Gasteiger partial charge in [0.2, 0.25) is 15.9 Å². The zero-order valence-corrected chi connectivity index (χ0v) is 19.3. The second-order valence-corrected chi connectivity index (χ2v) is 10.4.